The highest BCUT2D eigenvalue weighted by Gasteiger charge is 2.40. The second-order valence-corrected chi connectivity index (χ2v) is 6.59. The molecule has 3 N–H and O–H groups in total. The Bertz CT molecular complexity index is 592. The fraction of sp³-hybridized carbons (Fsp3) is 0.588. The third-order valence-corrected chi connectivity index (χ3v) is 4.75. The molecule has 3 unspecified atom stereocenters. The molecule has 1 amide bonds. The standard InChI is InChI=1S/C17H22F3N3O2/c18-17(19,20)10-25-12-7-5-11(6-8-12)9-21-16(24)15-13-3-1-2-4-14(13)22-23-15/h5-8,13-15,22-23H,1-4,9-10H2,(H,21,24). The van der Waals surface area contributed by atoms with Crippen LogP contribution in [0.15, 0.2) is 24.3 Å². The molecule has 1 aromatic carbocycles. The molecule has 138 valence electrons. The molecule has 1 saturated carbocycles. The molecule has 1 aromatic rings. The van der Waals surface area contributed by atoms with Gasteiger partial charge in [0.25, 0.3) is 0 Å². The highest BCUT2D eigenvalue weighted by molar-refractivity contribution is 5.82. The van der Waals surface area contributed by atoms with Crippen LogP contribution < -0.4 is 20.9 Å². The third kappa shape index (κ3) is 4.85. The fourth-order valence-electron chi connectivity index (χ4n) is 3.47. The lowest BCUT2D eigenvalue weighted by molar-refractivity contribution is -0.153. The third-order valence-electron chi connectivity index (χ3n) is 4.75. The van der Waals surface area contributed by atoms with E-state index in [1.165, 1.54) is 18.6 Å². The summed E-state index contributed by atoms with van der Waals surface area (Å²) in [5.41, 5.74) is 7.09. The number of carbonyl (C=O) groups excluding carboxylic acids is 1. The number of halogens is 3. The average molecular weight is 357 g/mol. The summed E-state index contributed by atoms with van der Waals surface area (Å²) in [6.07, 6.45) is 0.0986. The number of alkyl halides is 3. The summed E-state index contributed by atoms with van der Waals surface area (Å²) in [4.78, 5) is 12.4. The lowest BCUT2D eigenvalue weighted by atomic mass is 9.81. The van der Waals surface area contributed by atoms with Crippen molar-refractivity contribution in [3.8, 4) is 5.75 Å². The number of fused-ring (bicyclic) bond motifs is 1. The lowest BCUT2D eigenvalue weighted by Crippen LogP contribution is -2.45. The Kier molecular flexibility index (Phi) is 5.48. The lowest BCUT2D eigenvalue weighted by Gasteiger charge is -2.26. The van der Waals surface area contributed by atoms with Gasteiger partial charge in [0.05, 0.1) is 0 Å². The van der Waals surface area contributed by atoms with E-state index in [1.54, 1.807) is 12.1 Å². The van der Waals surface area contributed by atoms with Crippen LogP contribution in [0.1, 0.15) is 31.2 Å². The normalized spacial score (nSPS) is 26.1. The van der Waals surface area contributed by atoms with Crippen molar-refractivity contribution in [1.29, 1.82) is 0 Å². The summed E-state index contributed by atoms with van der Waals surface area (Å²) in [7, 11) is 0. The molecule has 1 heterocycles. The molecule has 2 aliphatic rings. The van der Waals surface area contributed by atoms with Crippen LogP contribution >= 0.6 is 0 Å². The molecule has 0 bridgehead atoms. The molecule has 1 aliphatic carbocycles. The number of hydrazine groups is 1. The van der Waals surface area contributed by atoms with Crippen molar-refractivity contribution in [2.45, 2.75) is 50.5 Å². The zero-order valence-electron chi connectivity index (χ0n) is 13.7. The number of rotatable bonds is 5. The van der Waals surface area contributed by atoms with E-state index in [9.17, 15) is 18.0 Å². The van der Waals surface area contributed by atoms with Crippen molar-refractivity contribution in [2.75, 3.05) is 6.61 Å². The van der Waals surface area contributed by atoms with Gasteiger partial charge in [0.2, 0.25) is 5.91 Å². The van der Waals surface area contributed by atoms with Gasteiger partial charge < -0.3 is 10.1 Å². The highest BCUT2D eigenvalue weighted by atomic mass is 19.4. The number of benzene rings is 1. The van der Waals surface area contributed by atoms with Crippen LogP contribution in [0.3, 0.4) is 0 Å². The molecule has 2 fully saturated rings. The molecule has 0 spiro atoms. The Balaban J connectivity index is 1.47. The quantitative estimate of drug-likeness (QED) is 0.757. The topological polar surface area (TPSA) is 62.4 Å². The van der Waals surface area contributed by atoms with Gasteiger partial charge in [-0.05, 0) is 30.5 Å². The van der Waals surface area contributed by atoms with E-state index >= 15 is 0 Å². The van der Waals surface area contributed by atoms with Crippen LogP contribution in [0.2, 0.25) is 0 Å². The predicted octanol–water partition coefficient (Wildman–Crippen LogP) is 2.28. The minimum atomic E-state index is -4.36. The zero-order valence-corrected chi connectivity index (χ0v) is 13.7. The molecule has 3 atom stereocenters. The van der Waals surface area contributed by atoms with E-state index in [0.29, 0.717) is 18.5 Å². The molecule has 3 rings (SSSR count). The Morgan fingerprint density at radius 2 is 1.88 bits per heavy atom. The van der Waals surface area contributed by atoms with Crippen molar-refractivity contribution in [1.82, 2.24) is 16.2 Å². The van der Waals surface area contributed by atoms with Gasteiger partial charge in [-0.15, -0.1) is 0 Å². The van der Waals surface area contributed by atoms with Crippen LogP contribution in [0.25, 0.3) is 0 Å². The first kappa shape index (κ1) is 18.0. The van der Waals surface area contributed by atoms with E-state index in [-0.39, 0.29) is 17.7 Å². The van der Waals surface area contributed by atoms with E-state index in [0.717, 1.165) is 24.8 Å². The van der Waals surface area contributed by atoms with Gasteiger partial charge in [-0.3, -0.25) is 10.2 Å². The second kappa shape index (κ2) is 7.61. The smallest absolute Gasteiger partial charge is 0.422 e. The first-order chi connectivity index (χ1) is 11.9. The minimum absolute atomic E-state index is 0.0562. The molecular weight excluding hydrogens is 335 g/mol. The highest BCUT2D eigenvalue weighted by Crippen LogP contribution is 2.30. The van der Waals surface area contributed by atoms with Crippen LogP contribution in [-0.4, -0.2) is 30.8 Å². The van der Waals surface area contributed by atoms with Crippen molar-refractivity contribution < 1.29 is 22.7 Å². The number of amides is 1. The fourth-order valence-corrected chi connectivity index (χ4v) is 3.47. The maximum absolute atomic E-state index is 12.4. The van der Waals surface area contributed by atoms with Gasteiger partial charge in [0.1, 0.15) is 11.8 Å². The molecule has 0 aromatic heterocycles. The molecule has 25 heavy (non-hydrogen) atoms. The van der Waals surface area contributed by atoms with Gasteiger partial charge in [0.15, 0.2) is 6.61 Å². The number of hydrogen-bond acceptors (Lipinski definition) is 4. The van der Waals surface area contributed by atoms with E-state index in [4.69, 9.17) is 0 Å². The van der Waals surface area contributed by atoms with Gasteiger partial charge in [-0.25, -0.2) is 5.43 Å². The SMILES string of the molecule is O=C(NCc1ccc(OCC(F)(F)F)cc1)C1NNC2CCCCC21. The summed E-state index contributed by atoms with van der Waals surface area (Å²) in [6.45, 7) is -0.986. The molecular formula is C17H22F3N3O2. The predicted molar refractivity (Wildman–Crippen MR) is 85.6 cm³/mol. The summed E-state index contributed by atoms with van der Waals surface area (Å²) in [5.74, 6) is 0.408. The zero-order chi connectivity index (χ0) is 17.9. The number of carbonyl (C=O) groups is 1. The van der Waals surface area contributed by atoms with Gasteiger partial charge in [-0.1, -0.05) is 25.0 Å². The summed E-state index contributed by atoms with van der Waals surface area (Å²) in [6, 6.07) is 6.36. The number of hydrogen-bond donors (Lipinski definition) is 3. The maximum Gasteiger partial charge on any atom is 0.422 e. The maximum atomic E-state index is 12.4. The average Bonchev–Trinajstić information content (AvgIpc) is 3.02. The van der Waals surface area contributed by atoms with Crippen LogP contribution in [0.4, 0.5) is 13.2 Å². The molecule has 1 saturated heterocycles. The molecule has 5 nitrogen and oxygen atoms in total. The second-order valence-electron chi connectivity index (χ2n) is 6.59. The summed E-state index contributed by atoms with van der Waals surface area (Å²) in [5, 5.41) is 2.89. The van der Waals surface area contributed by atoms with Gasteiger partial charge in [-0.2, -0.15) is 13.2 Å². The van der Waals surface area contributed by atoms with Crippen LogP contribution in [0.5, 0.6) is 5.75 Å². The summed E-state index contributed by atoms with van der Waals surface area (Å²) < 4.78 is 41.0. The van der Waals surface area contributed by atoms with E-state index in [1.807, 2.05) is 0 Å². The Morgan fingerprint density at radius 3 is 2.60 bits per heavy atom. The first-order valence-corrected chi connectivity index (χ1v) is 8.50. The molecule has 8 heteroatoms. The Morgan fingerprint density at radius 1 is 1.16 bits per heavy atom. The van der Waals surface area contributed by atoms with Crippen LogP contribution in [-0.2, 0) is 11.3 Å². The largest absolute Gasteiger partial charge is 0.484 e. The summed E-state index contributed by atoms with van der Waals surface area (Å²) >= 11 is 0. The Hall–Kier alpha value is -1.80. The van der Waals surface area contributed by atoms with Crippen molar-refractivity contribution in [3.05, 3.63) is 29.8 Å². The van der Waals surface area contributed by atoms with E-state index in [2.05, 4.69) is 20.9 Å². The van der Waals surface area contributed by atoms with Crippen LogP contribution in [0, 0.1) is 5.92 Å². The molecule has 0 radical (unpaired) electrons. The first-order valence-electron chi connectivity index (χ1n) is 8.50. The molecule has 1 aliphatic heterocycles. The van der Waals surface area contributed by atoms with Crippen molar-refractivity contribution in [2.24, 2.45) is 5.92 Å². The van der Waals surface area contributed by atoms with Gasteiger partial charge >= 0.3 is 6.18 Å². The minimum Gasteiger partial charge on any atom is -0.484 e. The van der Waals surface area contributed by atoms with Gasteiger partial charge in [0, 0.05) is 18.5 Å². The van der Waals surface area contributed by atoms with Crippen molar-refractivity contribution in [3.63, 3.8) is 0 Å². The van der Waals surface area contributed by atoms with Crippen molar-refractivity contribution >= 4 is 5.91 Å². The number of nitrogens with one attached hydrogen (secondary N) is 3. The monoisotopic (exact) mass is 357 g/mol. The number of ether oxygens (including phenoxy) is 1. The Labute approximate surface area is 144 Å². The van der Waals surface area contributed by atoms with E-state index < -0.39 is 12.8 Å².